The smallest absolute Gasteiger partial charge is 0.261 e. The van der Waals surface area contributed by atoms with Crippen LogP contribution in [0.2, 0.25) is 0 Å². The predicted octanol–water partition coefficient (Wildman–Crippen LogP) is 3.76. The van der Waals surface area contributed by atoms with Gasteiger partial charge < -0.3 is 4.74 Å². The van der Waals surface area contributed by atoms with Crippen molar-refractivity contribution < 1.29 is 14.3 Å². The van der Waals surface area contributed by atoms with Crippen LogP contribution in [0.25, 0.3) is 0 Å². The quantitative estimate of drug-likeness (QED) is 0.580. The first kappa shape index (κ1) is 20.1. The van der Waals surface area contributed by atoms with Gasteiger partial charge in [0.2, 0.25) is 5.91 Å². The summed E-state index contributed by atoms with van der Waals surface area (Å²) in [6.45, 7) is 1.55. The third-order valence-electron chi connectivity index (χ3n) is 7.26. The monoisotopic (exact) mass is 439 g/mol. The number of hydrogen-bond donors (Lipinski definition) is 0. The van der Waals surface area contributed by atoms with Gasteiger partial charge in [0.25, 0.3) is 5.91 Å². The number of methoxy groups -OCH3 is 1. The molecule has 0 aliphatic carbocycles. The Morgan fingerprint density at radius 2 is 1.52 bits per heavy atom. The SMILES string of the molecule is COc1ccc([C@@H]2[C@H]3C(=O)N(c4ccccc4)C(=O)[C@@]3(c3ccccc3)N3CCCN23)cc1. The van der Waals surface area contributed by atoms with Crippen LogP contribution in [0.15, 0.2) is 84.9 Å². The molecule has 0 aromatic heterocycles. The lowest BCUT2D eigenvalue weighted by molar-refractivity contribution is -0.134. The third-order valence-corrected chi connectivity index (χ3v) is 7.26. The molecule has 3 aromatic rings. The standard InChI is InChI=1S/C27H25N3O3/c1-33-22-15-13-19(14-16-22)24-23-25(31)30(21-11-6-3-7-12-21)26(32)27(23,20-9-4-2-5-10-20)29-18-8-17-28(24)29/h2-7,9-16,23-24H,8,17-18H2,1H3/t23-,24+,27-/m0/s1. The molecule has 3 aliphatic rings. The fourth-order valence-electron chi connectivity index (χ4n) is 5.96. The highest BCUT2D eigenvalue weighted by atomic mass is 16.5. The van der Waals surface area contributed by atoms with Crippen LogP contribution < -0.4 is 9.64 Å². The molecule has 6 nitrogen and oxygen atoms in total. The van der Waals surface area contributed by atoms with Crippen LogP contribution in [0.4, 0.5) is 5.69 Å². The van der Waals surface area contributed by atoms with E-state index in [-0.39, 0.29) is 17.9 Å². The molecule has 3 heterocycles. The number of benzene rings is 3. The maximum absolute atomic E-state index is 14.4. The minimum absolute atomic E-state index is 0.148. The zero-order chi connectivity index (χ0) is 22.6. The molecule has 6 heteroatoms. The van der Waals surface area contributed by atoms with Gasteiger partial charge in [0.05, 0.1) is 24.8 Å². The highest BCUT2D eigenvalue weighted by Crippen LogP contribution is 2.59. The number of imide groups is 1. The van der Waals surface area contributed by atoms with E-state index in [0.717, 1.165) is 36.4 Å². The van der Waals surface area contributed by atoms with E-state index >= 15 is 0 Å². The van der Waals surface area contributed by atoms with E-state index < -0.39 is 11.5 Å². The highest BCUT2D eigenvalue weighted by Gasteiger charge is 2.73. The molecule has 0 spiro atoms. The van der Waals surface area contributed by atoms with E-state index in [9.17, 15) is 9.59 Å². The first-order valence-corrected chi connectivity index (χ1v) is 11.3. The Bertz CT molecular complexity index is 1200. The third kappa shape index (κ3) is 2.68. The zero-order valence-electron chi connectivity index (χ0n) is 18.4. The Kier molecular flexibility index (Phi) is 4.60. The summed E-state index contributed by atoms with van der Waals surface area (Å²) in [5, 5.41) is 4.42. The average Bonchev–Trinajstić information content (AvgIpc) is 3.51. The van der Waals surface area contributed by atoms with Crippen LogP contribution in [0.5, 0.6) is 5.75 Å². The fraction of sp³-hybridized carbons (Fsp3) is 0.259. The van der Waals surface area contributed by atoms with Crippen molar-refractivity contribution in [2.45, 2.75) is 18.0 Å². The first-order valence-electron chi connectivity index (χ1n) is 11.3. The summed E-state index contributed by atoms with van der Waals surface area (Å²) in [4.78, 5) is 29.9. The molecule has 3 saturated heterocycles. The number of ether oxygens (including phenoxy) is 1. The van der Waals surface area contributed by atoms with Gasteiger partial charge in [-0.1, -0.05) is 60.7 Å². The van der Waals surface area contributed by atoms with Gasteiger partial charge >= 0.3 is 0 Å². The number of fused-ring (bicyclic) bond motifs is 3. The molecule has 6 rings (SSSR count). The largest absolute Gasteiger partial charge is 0.497 e. The van der Waals surface area contributed by atoms with Gasteiger partial charge in [-0.3, -0.25) is 9.59 Å². The average molecular weight is 440 g/mol. The van der Waals surface area contributed by atoms with Gasteiger partial charge in [-0.05, 0) is 41.8 Å². The van der Waals surface area contributed by atoms with Crippen molar-refractivity contribution in [1.82, 2.24) is 10.0 Å². The molecule has 0 unspecified atom stereocenters. The van der Waals surface area contributed by atoms with E-state index in [1.807, 2.05) is 84.9 Å². The van der Waals surface area contributed by atoms with Gasteiger partial charge in [-0.15, -0.1) is 0 Å². The maximum atomic E-state index is 14.4. The number of anilines is 1. The molecule has 2 amide bonds. The summed E-state index contributed by atoms with van der Waals surface area (Å²) < 4.78 is 5.35. The Labute approximate surface area is 192 Å². The van der Waals surface area contributed by atoms with Crippen molar-refractivity contribution in [2.24, 2.45) is 5.92 Å². The summed E-state index contributed by atoms with van der Waals surface area (Å²) in [5.74, 6) is -0.103. The summed E-state index contributed by atoms with van der Waals surface area (Å²) >= 11 is 0. The summed E-state index contributed by atoms with van der Waals surface area (Å²) in [7, 11) is 1.64. The summed E-state index contributed by atoms with van der Waals surface area (Å²) in [6, 6.07) is 26.8. The Hall–Kier alpha value is -3.48. The molecule has 166 valence electrons. The lowest BCUT2D eigenvalue weighted by Crippen LogP contribution is -2.52. The Balaban J connectivity index is 1.58. The maximum Gasteiger partial charge on any atom is 0.261 e. The van der Waals surface area contributed by atoms with Crippen molar-refractivity contribution in [1.29, 1.82) is 0 Å². The number of hydrogen-bond acceptors (Lipinski definition) is 5. The number of amides is 2. The van der Waals surface area contributed by atoms with Crippen LogP contribution in [-0.4, -0.2) is 42.0 Å². The van der Waals surface area contributed by atoms with Gasteiger partial charge in [-0.25, -0.2) is 14.9 Å². The van der Waals surface area contributed by atoms with Crippen LogP contribution >= 0.6 is 0 Å². The Morgan fingerprint density at radius 3 is 2.18 bits per heavy atom. The Morgan fingerprint density at radius 1 is 0.848 bits per heavy atom. The van der Waals surface area contributed by atoms with Crippen molar-refractivity contribution in [3.05, 3.63) is 96.1 Å². The van der Waals surface area contributed by atoms with Gasteiger partial charge in [0.15, 0.2) is 5.54 Å². The number of carbonyl (C=O) groups is 2. The molecular weight excluding hydrogens is 414 g/mol. The molecule has 3 aliphatic heterocycles. The van der Waals surface area contributed by atoms with Crippen molar-refractivity contribution in [2.75, 3.05) is 25.1 Å². The second-order valence-electron chi connectivity index (χ2n) is 8.78. The van der Waals surface area contributed by atoms with Crippen molar-refractivity contribution >= 4 is 17.5 Å². The van der Waals surface area contributed by atoms with E-state index in [1.54, 1.807) is 7.11 Å². The van der Waals surface area contributed by atoms with Gasteiger partial charge in [-0.2, -0.15) is 0 Å². The minimum Gasteiger partial charge on any atom is -0.497 e. The van der Waals surface area contributed by atoms with Crippen molar-refractivity contribution in [3.8, 4) is 5.75 Å². The lowest BCUT2D eigenvalue weighted by Gasteiger charge is -2.36. The molecule has 0 bridgehead atoms. The number of hydrazine groups is 1. The van der Waals surface area contributed by atoms with Crippen molar-refractivity contribution in [3.63, 3.8) is 0 Å². The second-order valence-corrected chi connectivity index (χ2v) is 8.78. The molecule has 33 heavy (non-hydrogen) atoms. The van der Waals surface area contributed by atoms with E-state index in [1.165, 1.54) is 4.90 Å². The molecule has 3 aromatic carbocycles. The number of nitrogens with zero attached hydrogens (tertiary/aromatic N) is 3. The molecule has 0 radical (unpaired) electrons. The van der Waals surface area contributed by atoms with E-state index in [4.69, 9.17) is 4.74 Å². The molecule has 3 atom stereocenters. The normalized spacial score (nSPS) is 27.1. The highest BCUT2D eigenvalue weighted by molar-refractivity contribution is 6.26. The van der Waals surface area contributed by atoms with Crippen LogP contribution in [-0.2, 0) is 15.1 Å². The topological polar surface area (TPSA) is 53.1 Å². The summed E-state index contributed by atoms with van der Waals surface area (Å²) in [6.07, 6.45) is 0.945. The second kappa shape index (κ2) is 7.54. The van der Waals surface area contributed by atoms with E-state index in [0.29, 0.717) is 5.69 Å². The van der Waals surface area contributed by atoms with E-state index in [2.05, 4.69) is 10.0 Å². The number of rotatable bonds is 4. The van der Waals surface area contributed by atoms with Gasteiger partial charge in [0.1, 0.15) is 5.75 Å². The van der Waals surface area contributed by atoms with Crippen LogP contribution in [0.3, 0.4) is 0 Å². The van der Waals surface area contributed by atoms with Gasteiger partial charge in [0, 0.05) is 13.1 Å². The molecular formula is C27H25N3O3. The van der Waals surface area contributed by atoms with Crippen LogP contribution in [0, 0.1) is 5.92 Å². The lowest BCUT2D eigenvalue weighted by atomic mass is 9.75. The number of carbonyl (C=O) groups excluding carboxylic acids is 2. The van der Waals surface area contributed by atoms with Crippen LogP contribution in [0.1, 0.15) is 23.6 Å². The zero-order valence-corrected chi connectivity index (χ0v) is 18.4. The predicted molar refractivity (Wildman–Crippen MR) is 124 cm³/mol. The first-order chi connectivity index (χ1) is 16.2. The molecule has 0 saturated carbocycles. The summed E-state index contributed by atoms with van der Waals surface area (Å²) in [5.41, 5.74) is 1.45. The minimum atomic E-state index is -1.06. The molecule has 0 N–H and O–H groups in total. The molecule has 3 fully saturated rings. The fourth-order valence-corrected chi connectivity index (χ4v) is 5.96. The number of para-hydroxylation sites is 1.